The van der Waals surface area contributed by atoms with Gasteiger partial charge in [0.15, 0.2) is 10.9 Å². The van der Waals surface area contributed by atoms with Gasteiger partial charge in [-0.25, -0.2) is 0 Å². The summed E-state index contributed by atoms with van der Waals surface area (Å²) in [5, 5.41) is 6.69. The number of carbonyl (C=O) groups excluding carboxylic acids is 1. The van der Waals surface area contributed by atoms with Gasteiger partial charge in [-0.15, -0.1) is 0 Å². The fourth-order valence-electron chi connectivity index (χ4n) is 3.36. The number of rotatable bonds is 4. The number of carbonyl (C=O) groups is 1. The number of nitrogens with zero attached hydrogens (tertiary/aromatic N) is 1. The second-order valence-corrected chi connectivity index (χ2v) is 7.64. The number of hydrogen-bond acceptors (Lipinski definition) is 4. The van der Waals surface area contributed by atoms with Crippen LogP contribution in [0, 0.1) is 0 Å². The quantitative estimate of drug-likeness (QED) is 0.553. The van der Waals surface area contributed by atoms with Gasteiger partial charge in [-0.1, -0.05) is 23.7 Å². The number of amides is 1. The molecule has 148 valence electrons. The predicted octanol–water partition coefficient (Wildman–Crippen LogP) is 5.33. The van der Waals surface area contributed by atoms with E-state index in [-0.39, 0.29) is 10.9 Å². The molecule has 1 saturated heterocycles. The second-order valence-electron chi connectivity index (χ2n) is 6.79. The largest absolute Gasteiger partial charge is 0.451 e. The van der Waals surface area contributed by atoms with E-state index in [1.54, 1.807) is 24.3 Å². The van der Waals surface area contributed by atoms with Crippen molar-refractivity contribution in [2.75, 3.05) is 23.3 Å². The van der Waals surface area contributed by atoms with Gasteiger partial charge in [0, 0.05) is 23.7 Å². The van der Waals surface area contributed by atoms with E-state index in [1.807, 2.05) is 30.3 Å². The van der Waals surface area contributed by atoms with Crippen molar-refractivity contribution in [2.24, 2.45) is 0 Å². The highest BCUT2D eigenvalue weighted by atomic mass is 35.5. The Morgan fingerprint density at radius 3 is 2.48 bits per heavy atom. The molecule has 1 aliphatic rings. The highest BCUT2D eigenvalue weighted by Gasteiger charge is 2.17. The van der Waals surface area contributed by atoms with Gasteiger partial charge in [-0.3, -0.25) is 10.1 Å². The molecular weight excluding hydrogens is 406 g/mol. The summed E-state index contributed by atoms with van der Waals surface area (Å²) in [6.07, 6.45) is 2.37. The molecule has 0 saturated carbocycles. The zero-order chi connectivity index (χ0) is 20.2. The molecule has 0 spiro atoms. The first-order chi connectivity index (χ1) is 14.1. The van der Waals surface area contributed by atoms with E-state index in [1.165, 1.54) is 12.8 Å². The van der Waals surface area contributed by atoms with Crippen LogP contribution in [-0.4, -0.2) is 24.1 Å². The van der Waals surface area contributed by atoms with E-state index in [9.17, 15) is 4.79 Å². The topological polar surface area (TPSA) is 57.5 Å². The molecule has 29 heavy (non-hydrogen) atoms. The van der Waals surface area contributed by atoms with E-state index in [0.29, 0.717) is 10.8 Å². The molecule has 0 radical (unpaired) electrons. The molecule has 1 aromatic heterocycles. The lowest BCUT2D eigenvalue weighted by Crippen LogP contribution is -2.34. The van der Waals surface area contributed by atoms with Crippen LogP contribution >= 0.6 is 23.8 Å². The van der Waals surface area contributed by atoms with Crippen molar-refractivity contribution < 1.29 is 9.21 Å². The van der Waals surface area contributed by atoms with Crippen molar-refractivity contribution in [3.05, 3.63) is 71.4 Å². The lowest BCUT2D eigenvalue weighted by molar-refractivity contribution is 0.0951. The first-order valence-corrected chi connectivity index (χ1v) is 10.2. The number of thiocarbonyl (C=S) groups is 1. The van der Waals surface area contributed by atoms with Gasteiger partial charge in [0.25, 0.3) is 5.91 Å². The van der Waals surface area contributed by atoms with Crippen molar-refractivity contribution >= 4 is 46.2 Å². The first kappa shape index (κ1) is 19.5. The maximum absolute atomic E-state index is 12.5. The van der Waals surface area contributed by atoms with Gasteiger partial charge in [-0.05, 0) is 73.6 Å². The molecule has 5 nitrogen and oxygen atoms in total. The van der Waals surface area contributed by atoms with E-state index >= 15 is 0 Å². The predicted molar refractivity (Wildman–Crippen MR) is 121 cm³/mol. The summed E-state index contributed by atoms with van der Waals surface area (Å²) in [6, 6.07) is 18.6. The number of para-hydroxylation sites is 2. The fourth-order valence-corrected chi connectivity index (χ4v) is 3.69. The van der Waals surface area contributed by atoms with E-state index < -0.39 is 5.91 Å². The van der Waals surface area contributed by atoms with E-state index in [0.717, 1.165) is 30.0 Å². The number of benzene rings is 2. The van der Waals surface area contributed by atoms with Gasteiger partial charge in [0.05, 0.1) is 11.4 Å². The number of furan rings is 1. The molecule has 0 atom stereocenters. The Morgan fingerprint density at radius 2 is 1.72 bits per heavy atom. The number of anilines is 2. The average Bonchev–Trinajstić information content (AvgIpc) is 3.41. The van der Waals surface area contributed by atoms with Gasteiger partial charge >= 0.3 is 0 Å². The third kappa shape index (κ3) is 4.60. The Balaban J connectivity index is 1.42. The summed E-state index contributed by atoms with van der Waals surface area (Å²) in [7, 11) is 0. The van der Waals surface area contributed by atoms with Crippen molar-refractivity contribution in [1.82, 2.24) is 5.32 Å². The minimum absolute atomic E-state index is 0.187. The Hall–Kier alpha value is -2.83. The van der Waals surface area contributed by atoms with Crippen LogP contribution in [0.3, 0.4) is 0 Å². The third-order valence-corrected chi connectivity index (χ3v) is 5.24. The summed E-state index contributed by atoms with van der Waals surface area (Å²) < 4.78 is 5.68. The molecule has 7 heteroatoms. The molecule has 3 aromatic rings. The maximum Gasteiger partial charge on any atom is 0.293 e. The van der Waals surface area contributed by atoms with Gasteiger partial charge in [0.1, 0.15) is 5.76 Å². The Labute approximate surface area is 179 Å². The average molecular weight is 426 g/mol. The van der Waals surface area contributed by atoms with Crippen LogP contribution in [0.5, 0.6) is 0 Å². The molecule has 2 heterocycles. The maximum atomic E-state index is 12.5. The SMILES string of the molecule is O=C(NC(=S)Nc1ccccc1N1CCCC1)c1ccc(-c2ccc(Cl)cc2)o1. The van der Waals surface area contributed by atoms with Crippen LogP contribution in [0.1, 0.15) is 23.4 Å². The highest BCUT2D eigenvalue weighted by molar-refractivity contribution is 7.80. The molecular formula is C22H20ClN3O2S. The van der Waals surface area contributed by atoms with Crippen LogP contribution in [0.25, 0.3) is 11.3 Å². The lowest BCUT2D eigenvalue weighted by atomic mass is 10.2. The van der Waals surface area contributed by atoms with Crippen LogP contribution in [0.15, 0.2) is 65.1 Å². The Kier molecular flexibility index (Phi) is 5.83. The zero-order valence-electron chi connectivity index (χ0n) is 15.7. The van der Waals surface area contributed by atoms with Crippen molar-refractivity contribution in [1.29, 1.82) is 0 Å². The second kappa shape index (κ2) is 8.68. The fraction of sp³-hybridized carbons (Fsp3) is 0.182. The molecule has 4 rings (SSSR count). The minimum atomic E-state index is -0.402. The summed E-state index contributed by atoms with van der Waals surface area (Å²) in [5.41, 5.74) is 2.80. The van der Waals surface area contributed by atoms with Gasteiger partial charge in [0.2, 0.25) is 0 Å². The highest BCUT2D eigenvalue weighted by Crippen LogP contribution is 2.28. The molecule has 1 fully saturated rings. The molecule has 1 amide bonds. The standard InChI is InChI=1S/C22H20ClN3O2S/c23-16-9-7-15(8-10-16)19-11-12-20(28-19)21(27)25-22(29)24-17-5-1-2-6-18(17)26-13-3-4-14-26/h1-2,5-12H,3-4,13-14H2,(H2,24,25,27,29). The lowest BCUT2D eigenvalue weighted by Gasteiger charge is -2.22. The van der Waals surface area contributed by atoms with Gasteiger partial charge < -0.3 is 14.6 Å². The number of nitrogens with one attached hydrogen (secondary N) is 2. The molecule has 0 bridgehead atoms. The van der Waals surface area contributed by atoms with Crippen molar-refractivity contribution in [3.8, 4) is 11.3 Å². The third-order valence-electron chi connectivity index (χ3n) is 4.78. The smallest absolute Gasteiger partial charge is 0.293 e. The summed E-state index contributed by atoms with van der Waals surface area (Å²) in [4.78, 5) is 14.8. The molecule has 2 N–H and O–H groups in total. The van der Waals surface area contributed by atoms with E-state index in [4.69, 9.17) is 28.2 Å². The van der Waals surface area contributed by atoms with Crippen LogP contribution < -0.4 is 15.5 Å². The van der Waals surface area contributed by atoms with Crippen molar-refractivity contribution in [2.45, 2.75) is 12.8 Å². The van der Waals surface area contributed by atoms with Crippen LogP contribution in [0.2, 0.25) is 5.02 Å². The number of hydrogen-bond donors (Lipinski definition) is 2. The van der Waals surface area contributed by atoms with Crippen molar-refractivity contribution in [3.63, 3.8) is 0 Å². The molecule has 1 aliphatic heterocycles. The van der Waals surface area contributed by atoms with Crippen LogP contribution in [0.4, 0.5) is 11.4 Å². The molecule has 0 aliphatic carbocycles. The minimum Gasteiger partial charge on any atom is -0.451 e. The normalized spacial score (nSPS) is 13.3. The van der Waals surface area contributed by atoms with E-state index in [2.05, 4.69) is 21.6 Å². The van der Waals surface area contributed by atoms with Gasteiger partial charge in [-0.2, -0.15) is 0 Å². The summed E-state index contributed by atoms with van der Waals surface area (Å²) in [6.45, 7) is 2.05. The number of halogens is 1. The summed E-state index contributed by atoms with van der Waals surface area (Å²) >= 11 is 11.3. The van der Waals surface area contributed by atoms with Crippen LogP contribution in [-0.2, 0) is 0 Å². The first-order valence-electron chi connectivity index (χ1n) is 9.42. The Morgan fingerprint density at radius 1 is 1.00 bits per heavy atom. The monoisotopic (exact) mass is 425 g/mol. The summed E-state index contributed by atoms with van der Waals surface area (Å²) in [5.74, 6) is 0.373. The molecule has 0 unspecified atom stereocenters. The molecule has 2 aromatic carbocycles. The Bertz CT molecular complexity index is 1030. The zero-order valence-corrected chi connectivity index (χ0v) is 17.2.